The molecule has 2 unspecified atom stereocenters. The minimum absolute atomic E-state index is 0.0791. The summed E-state index contributed by atoms with van der Waals surface area (Å²) >= 11 is 0. The summed E-state index contributed by atoms with van der Waals surface area (Å²) < 4.78 is 5.64. The number of pyridine rings is 1. The maximum Gasteiger partial charge on any atom is 0.261 e. The summed E-state index contributed by atoms with van der Waals surface area (Å²) in [6.07, 6.45) is 2.88. The molecule has 1 heterocycles. The van der Waals surface area contributed by atoms with E-state index in [1.165, 1.54) is 0 Å². The smallest absolute Gasteiger partial charge is 0.261 e. The predicted octanol–water partition coefficient (Wildman–Crippen LogP) is 3.03. The van der Waals surface area contributed by atoms with Crippen LogP contribution in [0.25, 0.3) is 0 Å². The zero-order valence-corrected chi connectivity index (χ0v) is 12.5. The van der Waals surface area contributed by atoms with Crippen molar-refractivity contribution in [2.75, 3.05) is 0 Å². The molecule has 4 heteroatoms. The van der Waals surface area contributed by atoms with Crippen LogP contribution in [0.5, 0.6) is 5.75 Å². The maximum atomic E-state index is 12.1. The van der Waals surface area contributed by atoms with Crippen LogP contribution in [0, 0.1) is 6.92 Å². The largest absolute Gasteiger partial charge is 0.481 e. The third kappa shape index (κ3) is 4.31. The Hall–Kier alpha value is -2.36. The van der Waals surface area contributed by atoms with Gasteiger partial charge >= 0.3 is 0 Å². The molecule has 0 radical (unpaired) electrons. The molecule has 0 aliphatic rings. The van der Waals surface area contributed by atoms with E-state index in [2.05, 4.69) is 10.3 Å². The van der Waals surface area contributed by atoms with Crippen LogP contribution >= 0.6 is 0 Å². The van der Waals surface area contributed by atoms with Gasteiger partial charge in [0, 0.05) is 12.4 Å². The van der Waals surface area contributed by atoms with Gasteiger partial charge in [0.05, 0.1) is 6.04 Å². The van der Waals surface area contributed by atoms with Crippen molar-refractivity contribution in [3.63, 3.8) is 0 Å². The quantitative estimate of drug-likeness (QED) is 0.918. The Morgan fingerprint density at radius 2 is 1.71 bits per heavy atom. The molecule has 2 aromatic rings. The van der Waals surface area contributed by atoms with Crippen LogP contribution < -0.4 is 10.1 Å². The second-order valence-electron chi connectivity index (χ2n) is 5.08. The second kappa shape index (κ2) is 6.88. The van der Waals surface area contributed by atoms with Gasteiger partial charge in [-0.05, 0) is 50.6 Å². The average molecular weight is 284 g/mol. The number of hydrogen-bond donors (Lipinski definition) is 1. The molecule has 0 saturated heterocycles. The lowest BCUT2D eigenvalue weighted by atomic mass is 10.1. The topological polar surface area (TPSA) is 51.2 Å². The first-order chi connectivity index (χ1) is 10.1. The van der Waals surface area contributed by atoms with Crippen molar-refractivity contribution in [2.24, 2.45) is 0 Å². The highest BCUT2D eigenvalue weighted by molar-refractivity contribution is 5.81. The number of amides is 1. The Morgan fingerprint density at radius 3 is 2.33 bits per heavy atom. The summed E-state index contributed by atoms with van der Waals surface area (Å²) in [6.45, 7) is 5.69. The van der Waals surface area contributed by atoms with Crippen molar-refractivity contribution in [2.45, 2.75) is 32.9 Å². The lowest BCUT2D eigenvalue weighted by Crippen LogP contribution is -2.37. The highest BCUT2D eigenvalue weighted by atomic mass is 16.5. The summed E-state index contributed by atoms with van der Waals surface area (Å²) in [6, 6.07) is 11.3. The molecule has 0 aliphatic carbocycles. The van der Waals surface area contributed by atoms with Gasteiger partial charge in [0.1, 0.15) is 5.75 Å². The fraction of sp³-hybridized carbons (Fsp3) is 0.294. The van der Waals surface area contributed by atoms with E-state index >= 15 is 0 Å². The Kier molecular flexibility index (Phi) is 4.93. The van der Waals surface area contributed by atoms with Gasteiger partial charge in [-0.3, -0.25) is 9.78 Å². The van der Waals surface area contributed by atoms with E-state index < -0.39 is 6.10 Å². The molecule has 1 N–H and O–H groups in total. The number of nitrogens with one attached hydrogen (secondary N) is 1. The van der Waals surface area contributed by atoms with E-state index in [9.17, 15) is 4.79 Å². The van der Waals surface area contributed by atoms with Gasteiger partial charge in [0.2, 0.25) is 0 Å². The lowest BCUT2D eigenvalue weighted by Gasteiger charge is -2.19. The maximum absolute atomic E-state index is 12.1. The number of hydrogen-bond acceptors (Lipinski definition) is 3. The molecule has 21 heavy (non-hydrogen) atoms. The fourth-order valence-corrected chi connectivity index (χ4v) is 1.94. The highest BCUT2D eigenvalue weighted by Crippen LogP contribution is 2.15. The first kappa shape index (κ1) is 15.0. The Bertz CT molecular complexity index is 581. The second-order valence-corrected chi connectivity index (χ2v) is 5.08. The third-order valence-corrected chi connectivity index (χ3v) is 3.27. The van der Waals surface area contributed by atoms with Crippen molar-refractivity contribution in [1.29, 1.82) is 0 Å². The minimum atomic E-state index is -0.544. The number of aromatic nitrogens is 1. The van der Waals surface area contributed by atoms with E-state index in [1.807, 2.05) is 50.2 Å². The predicted molar refractivity (Wildman–Crippen MR) is 82.1 cm³/mol. The van der Waals surface area contributed by atoms with Gasteiger partial charge in [-0.25, -0.2) is 0 Å². The summed E-state index contributed by atoms with van der Waals surface area (Å²) in [5, 5.41) is 2.94. The molecule has 2 atom stereocenters. The SMILES string of the molecule is Cc1ccc(OC(C)C(=O)NC(C)c2ccncc2)cc1. The molecular weight excluding hydrogens is 264 g/mol. The molecule has 1 aromatic heterocycles. The monoisotopic (exact) mass is 284 g/mol. The van der Waals surface area contributed by atoms with Gasteiger partial charge in [0.15, 0.2) is 6.10 Å². The van der Waals surface area contributed by atoms with Crippen molar-refractivity contribution < 1.29 is 9.53 Å². The number of benzene rings is 1. The molecule has 4 nitrogen and oxygen atoms in total. The van der Waals surface area contributed by atoms with Gasteiger partial charge < -0.3 is 10.1 Å². The van der Waals surface area contributed by atoms with E-state index in [4.69, 9.17) is 4.74 Å². The van der Waals surface area contributed by atoms with Gasteiger partial charge in [0.25, 0.3) is 5.91 Å². The van der Waals surface area contributed by atoms with Crippen molar-refractivity contribution in [3.05, 3.63) is 59.9 Å². The van der Waals surface area contributed by atoms with Crippen molar-refractivity contribution in [3.8, 4) is 5.75 Å². The highest BCUT2D eigenvalue weighted by Gasteiger charge is 2.17. The molecule has 2 rings (SSSR count). The molecule has 1 aromatic carbocycles. The fourth-order valence-electron chi connectivity index (χ4n) is 1.94. The molecular formula is C17H20N2O2. The number of carbonyl (C=O) groups excluding carboxylic acids is 1. The van der Waals surface area contributed by atoms with Crippen LogP contribution in [0.3, 0.4) is 0 Å². The zero-order valence-electron chi connectivity index (χ0n) is 12.5. The first-order valence-electron chi connectivity index (χ1n) is 7.00. The van der Waals surface area contributed by atoms with E-state index in [0.29, 0.717) is 5.75 Å². The summed E-state index contributed by atoms with van der Waals surface area (Å²) in [5.74, 6) is 0.555. The Morgan fingerprint density at radius 1 is 1.10 bits per heavy atom. The normalized spacial score (nSPS) is 13.3. The molecule has 0 spiro atoms. The number of ether oxygens (including phenoxy) is 1. The van der Waals surface area contributed by atoms with Crippen LogP contribution in [-0.2, 0) is 4.79 Å². The molecule has 1 amide bonds. The molecule has 110 valence electrons. The number of rotatable bonds is 5. The van der Waals surface area contributed by atoms with Gasteiger partial charge in [-0.15, -0.1) is 0 Å². The van der Waals surface area contributed by atoms with Crippen LogP contribution in [0.1, 0.15) is 31.0 Å². The number of carbonyl (C=O) groups is 1. The molecule has 0 bridgehead atoms. The molecule has 0 fully saturated rings. The summed E-state index contributed by atoms with van der Waals surface area (Å²) in [4.78, 5) is 16.1. The third-order valence-electron chi connectivity index (χ3n) is 3.27. The van der Waals surface area contributed by atoms with E-state index in [0.717, 1.165) is 11.1 Å². The minimum Gasteiger partial charge on any atom is -0.481 e. The van der Waals surface area contributed by atoms with Gasteiger partial charge in [-0.1, -0.05) is 17.7 Å². The van der Waals surface area contributed by atoms with E-state index in [-0.39, 0.29) is 11.9 Å². The Labute approximate surface area is 125 Å². The summed E-state index contributed by atoms with van der Waals surface area (Å²) in [5.41, 5.74) is 2.17. The number of aryl methyl sites for hydroxylation is 1. The standard InChI is InChI=1S/C17H20N2O2/c1-12-4-6-16(7-5-12)21-14(3)17(20)19-13(2)15-8-10-18-11-9-15/h4-11,13-14H,1-3H3,(H,19,20). The van der Waals surface area contributed by atoms with Crippen LogP contribution in [0.2, 0.25) is 0 Å². The lowest BCUT2D eigenvalue weighted by molar-refractivity contribution is -0.127. The van der Waals surface area contributed by atoms with Crippen LogP contribution in [-0.4, -0.2) is 17.0 Å². The van der Waals surface area contributed by atoms with Crippen LogP contribution in [0.15, 0.2) is 48.8 Å². The first-order valence-corrected chi connectivity index (χ1v) is 7.00. The summed E-state index contributed by atoms with van der Waals surface area (Å²) in [7, 11) is 0. The number of nitrogens with zero attached hydrogens (tertiary/aromatic N) is 1. The molecule has 0 aliphatic heterocycles. The van der Waals surface area contributed by atoms with E-state index in [1.54, 1.807) is 19.3 Å². The zero-order chi connectivity index (χ0) is 15.2. The molecule has 0 saturated carbocycles. The average Bonchev–Trinajstić information content (AvgIpc) is 2.50. The van der Waals surface area contributed by atoms with Crippen molar-refractivity contribution in [1.82, 2.24) is 10.3 Å². The van der Waals surface area contributed by atoms with Crippen LogP contribution in [0.4, 0.5) is 0 Å². The van der Waals surface area contributed by atoms with Crippen molar-refractivity contribution >= 4 is 5.91 Å². The van der Waals surface area contributed by atoms with Gasteiger partial charge in [-0.2, -0.15) is 0 Å². The Balaban J connectivity index is 1.92.